The van der Waals surface area contributed by atoms with E-state index in [1.54, 1.807) is 7.11 Å². The smallest absolute Gasteiger partial charge is 0.251 e. The van der Waals surface area contributed by atoms with Crippen LogP contribution < -0.4 is 11.1 Å². The molecular formula is C37H47N5O4. The lowest BCUT2D eigenvalue weighted by molar-refractivity contribution is -0.132. The molecule has 2 atom stereocenters. The van der Waals surface area contributed by atoms with Crippen molar-refractivity contribution in [1.29, 1.82) is 0 Å². The molecule has 0 bridgehead atoms. The molecule has 3 aromatic carbocycles. The molecule has 1 fully saturated rings. The summed E-state index contributed by atoms with van der Waals surface area (Å²) in [5.41, 5.74) is 12.5. The van der Waals surface area contributed by atoms with Crippen molar-refractivity contribution in [3.05, 3.63) is 89.7 Å². The van der Waals surface area contributed by atoms with Crippen LogP contribution >= 0.6 is 0 Å². The van der Waals surface area contributed by atoms with E-state index < -0.39 is 0 Å². The van der Waals surface area contributed by atoms with E-state index in [0.717, 1.165) is 65.9 Å². The van der Waals surface area contributed by atoms with E-state index in [9.17, 15) is 9.59 Å². The molecule has 0 aliphatic carbocycles. The first-order valence-corrected chi connectivity index (χ1v) is 16.5. The van der Waals surface area contributed by atoms with E-state index in [-0.39, 0.29) is 23.8 Å². The monoisotopic (exact) mass is 625 g/mol. The highest BCUT2D eigenvalue weighted by Crippen LogP contribution is 2.30. The molecule has 0 radical (unpaired) electrons. The molecule has 9 nitrogen and oxygen atoms in total. The van der Waals surface area contributed by atoms with Crippen LogP contribution in [0.4, 0.5) is 0 Å². The summed E-state index contributed by atoms with van der Waals surface area (Å²) in [6, 6.07) is 23.8. The van der Waals surface area contributed by atoms with Crippen LogP contribution in [0.3, 0.4) is 0 Å². The van der Waals surface area contributed by atoms with Crippen molar-refractivity contribution in [2.24, 2.45) is 5.73 Å². The number of likely N-dealkylation sites (tertiary alicyclic amines) is 1. The molecule has 2 heterocycles. The number of aromatic nitrogens is 2. The highest BCUT2D eigenvalue weighted by molar-refractivity contribution is 5.94. The molecule has 2 unspecified atom stereocenters. The number of carbonyl (C=O) groups is 2. The van der Waals surface area contributed by atoms with Crippen LogP contribution in [0.5, 0.6) is 0 Å². The van der Waals surface area contributed by atoms with Gasteiger partial charge in [0, 0.05) is 70.4 Å². The van der Waals surface area contributed by atoms with Crippen LogP contribution in [0.25, 0.3) is 22.2 Å². The van der Waals surface area contributed by atoms with E-state index in [1.807, 2.05) is 42.2 Å². The minimum atomic E-state index is -0.266. The van der Waals surface area contributed by atoms with Crippen molar-refractivity contribution in [1.82, 2.24) is 19.8 Å². The Hall–Kier alpha value is -4.05. The summed E-state index contributed by atoms with van der Waals surface area (Å²) in [5.74, 6) is 1.26. The molecule has 0 saturated carbocycles. The van der Waals surface area contributed by atoms with Crippen LogP contribution in [0.2, 0.25) is 0 Å². The van der Waals surface area contributed by atoms with Crippen molar-refractivity contribution in [3.8, 4) is 11.1 Å². The first-order chi connectivity index (χ1) is 22.5. The fourth-order valence-electron chi connectivity index (χ4n) is 6.28. The highest BCUT2D eigenvalue weighted by atomic mass is 16.5. The van der Waals surface area contributed by atoms with Gasteiger partial charge in [0.2, 0.25) is 5.91 Å². The number of amides is 2. The number of hydrogen-bond acceptors (Lipinski definition) is 6. The number of nitrogens with two attached hydrogens (primary N) is 1. The normalized spacial score (nSPS) is 15.6. The molecule has 2 amide bonds. The van der Waals surface area contributed by atoms with Crippen molar-refractivity contribution >= 4 is 22.8 Å². The van der Waals surface area contributed by atoms with Gasteiger partial charge in [-0.1, -0.05) is 48.5 Å². The second-order valence-corrected chi connectivity index (χ2v) is 12.0. The van der Waals surface area contributed by atoms with Gasteiger partial charge in [-0.2, -0.15) is 0 Å². The minimum Gasteiger partial charge on any atom is -0.385 e. The van der Waals surface area contributed by atoms with E-state index in [1.165, 1.54) is 0 Å². The quantitative estimate of drug-likeness (QED) is 0.176. The zero-order chi connectivity index (χ0) is 32.3. The van der Waals surface area contributed by atoms with E-state index in [2.05, 4.69) is 52.3 Å². The summed E-state index contributed by atoms with van der Waals surface area (Å²) in [4.78, 5) is 32.8. The van der Waals surface area contributed by atoms with Gasteiger partial charge < -0.3 is 30.0 Å². The van der Waals surface area contributed by atoms with Gasteiger partial charge in [-0.05, 0) is 73.6 Å². The number of methoxy groups -OCH3 is 1. The number of nitrogens with zero attached hydrogens (tertiary/aromatic N) is 3. The Morgan fingerprint density at radius 3 is 2.50 bits per heavy atom. The molecule has 9 heteroatoms. The number of hydrogen-bond donors (Lipinski definition) is 2. The Morgan fingerprint density at radius 2 is 1.76 bits per heavy atom. The molecule has 1 aliphatic heterocycles. The molecule has 3 N–H and O–H groups in total. The van der Waals surface area contributed by atoms with Crippen LogP contribution in [0, 0.1) is 0 Å². The molecule has 46 heavy (non-hydrogen) atoms. The Morgan fingerprint density at radius 1 is 1.02 bits per heavy atom. The third-order valence-electron chi connectivity index (χ3n) is 8.66. The van der Waals surface area contributed by atoms with Gasteiger partial charge in [-0.15, -0.1) is 0 Å². The zero-order valence-corrected chi connectivity index (χ0v) is 27.1. The van der Waals surface area contributed by atoms with Crippen LogP contribution in [-0.4, -0.2) is 78.9 Å². The number of piperidine rings is 1. The third kappa shape index (κ3) is 8.60. The van der Waals surface area contributed by atoms with Gasteiger partial charge in [0.25, 0.3) is 5.91 Å². The first-order valence-electron chi connectivity index (χ1n) is 16.5. The standard InChI is InChI=1S/C37H47N5O4/c1-3-46-23-19-39-37(44)30-17-15-29(16-18-30)28-13-11-27(12-14-28)24-32(38)25-35(43)41-20-6-8-31(26-41)36-40-33-9-4-5-10-34(33)42(36)21-7-22-45-2/h4-5,9-18,31-32H,3,6-8,19-26,38H2,1-2H3,(H,39,44). The zero-order valence-electron chi connectivity index (χ0n) is 27.1. The van der Waals surface area contributed by atoms with Crippen molar-refractivity contribution in [2.75, 3.05) is 46.6 Å². The summed E-state index contributed by atoms with van der Waals surface area (Å²) >= 11 is 0. The Bertz CT molecular complexity index is 1570. The van der Waals surface area contributed by atoms with Crippen molar-refractivity contribution in [2.45, 2.75) is 57.5 Å². The maximum absolute atomic E-state index is 13.4. The number of rotatable bonds is 15. The molecule has 1 aromatic heterocycles. The maximum Gasteiger partial charge on any atom is 0.251 e. The number of fused-ring (bicyclic) bond motifs is 1. The van der Waals surface area contributed by atoms with E-state index >= 15 is 0 Å². The Kier molecular flexibility index (Phi) is 11.9. The number of benzene rings is 3. The topological polar surface area (TPSA) is 112 Å². The van der Waals surface area contributed by atoms with Crippen molar-refractivity contribution in [3.63, 3.8) is 0 Å². The molecular weight excluding hydrogens is 578 g/mol. The van der Waals surface area contributed by atoms with E-state index in [4.69, 9.17) is 20.2 Å². The maximum atomic E-state index is 13.4. The van der Waals surface area contributed by atoms with Crippen LogP contribution in [0.15, 0.2) is 72.8 Å². The molecule has 4 aromatic rings. The summed E-state index contributed by atoms with van der Waals surface area (Å²) in [6.07, 6.45) is 3.82. The van der Waals surface area contributed by atoms with Gasteiger partial charge >= 0.3 is 0 Å². The second-order valence-electron chi connectivity index (χ2n) is 12.0. The summed E-state index contributed by atoms with van der Waals surface area (Å²) in [5, 5.41) is 2.87. The van der Waals surface area contributed by atoms with E-state index in [0.29, 0.717) is 51.3 Å². The molecule has 244 valence electrons. The highest BCUT2D eigenvalue weighted by Gasteiger charge is 2.29. The van der Waals surface area contributed by atoms with Gasteiger partial charge in [0.15, 0.2) is 0 Å². The molecule has 1 aliphatic rings. The lowest BCUT2D eigenvalue weighted by Gasteiger charge is -2.33. The van der Waals surface area contributed by atoms with Crippen molar-refractivity contribution < 1.29 is 19.1 Å². The SMILES string of the molecule is CCOCCNC(=O)c1ccc(-c2ccc(CC(N)CC(=O)N3CCCC(c4nc5ccccc5n4CCCOC)C3)cc2)cc1. The Balaban J connectivity index is 1.14. The predicted molar refractivity (Wildman–Crippen MR) is 182 cm³/mol. The molecule has 5 rings (SSSR count). The number of para-hydroxylation sites is 2. The van der Waals surface area contributed by atoms with Gasteiger partial charge in [-0.25, -0.2) is 4.98 Å². The summed E-state index contributed by atoms with van der Waals surface area (Å²) < 4.78 is 12.9. The Labute approximate surface area is 272 Å². The second kappa shape index (κ2) is 16.5. The lowest BCUT2D eigenvalue weighted by Crippen LogP contribution is -2.42. The summed E-state index contributed by atoms with van der Waals surface area (Å²) in [7, 11) is 1.73. The van der Waals surface area contributed by atoms with Gasteiger partial charge in [0.1, 0.15) is 5.82 Å². The summed E-state index contributed by atoms with van der Waals surface area (Å²) in [6.45, 7) is 6.52. The molecule has 1 saturated heterocycles. The van der Waals surface area contributed by atoms with Gasteiger partial charge in [-0.3, -0.25) is 9.59 Å². The van der Waals surface area contributed by atoms with Crippen LogP contribution in [-0.2, 0) is 27.2 Å². The van der Waals surface area contributed by atoms with Crippen LogP contribution in [0.1, 0.15) is 60.3 Å². The lowest BCUT2D eigenvalue weighted by atomic mass is 9.95. The van der Waals surface area contributed by atoms with Gasteiger partial charge in [0.05, 0.1) is 17.6 Å². The average molecular weight is 626 g/mol. The number of imidazole rings is 1. The number of carbonyl (C=O) groups excluding carboxylic acids is 2. The average Bonchev–Trinajstić information content (AvgIpc) is 3.46. The number of ether oxygens (including phenoxy) is 2. The fraction of sp³-hybridized carbons (Fsp3) is 0.432. The fourth-order valence-corrected chi connectivity index (χ4v) is 6.28. The number of aryl methyl sites for hydroxylation is 1. The largest absolute Gasteiger partial charge is 0.385 e. The first kappa shape index (κ1) is 33.3. The molecule has 0 spiro atoms. The predicted octanol–water partition coefficient (Wildman–Crippen LogP) is 5.17. The number of nitrogens with one attached hydrogen (secondary N) is 1. The third-order valence-corrected chi connectivity index (χ3v) is 8.66. The minimum absolute atomic E-state index is 0.108.